The summed E-state index contributed by atoms with van der Waals surface area (Å²) in [6.45, 7) is 0.647. The van der Waals surface area contributed by atoms with Gasteiger partial charge in [0.25, 0.3) is 0 Å². The van der Waals surface area contributed by atoms with Crippen LogP contribution in [0.5, 0.6) is 0 Å². The number of carbonyl (C=O) groups excluding carboxylic acids is 1. The fourth-order valence-corrected chi connectivity index (χ4v) is 3.52. The van der Waals surface area contributed by atoms with Crippen molar-refractivity contribution in [1.82, 2.24) is 19.4 Å². The fourth-order valence-electron chi connectivity index (χ4n) is 3.52. The lowest BCUT2D eigenvalue weighted by Gasteiger charge is -2.34. The van der Waals surface area contributed by atoms with Crippen LogP contribution in [0.4, 0.5) is 5.82 Å². The number of hydrogen-bond acceptors (Lipinski definition) is 6. The van der Waals surface area contributed by atoms with Gasteiger partial charge < -0.3 is 25.2 Å². The highest BCUT2D eigenvalue weighted by Gasteiger charge is 2.26. The Hall–Kier alpha value is -3.95. The molecule has 0 unspecified atom stereocenters. The van der Waals surface area contributed by atoms with Crippen LogP contribution in [0.3, 0.4) is 0 Å². The van der Waals surface area contributed by atoms with Gasteiger partial charge in [-0.15, -0.1) is 0 Å². The molecule has 0 radical (unpaired) electrons. The van der Waals surface area contributed by atoms with E-state index < -0.39 is 5.97 Å². The summed E-state index contributed by atoms with van der Waals surface area (Å²) < 4.78 is 1.88. The lowest BCUT2D eigenvalue weighted by molar-refractivity contribution is -0.144. The lowest BCUT2D eigenvalue weighted by Crippen LogP contribution is -2.52. The number of carbonyl (C=O) groups is 2. The van der Waals surface area contributed by atoms with Crippen LogP contribution in [-0.4, -0.2) is 68.4 Å². The molecule has 154 valence electrons. The van der Waals surface area contributed by atoms with E-state index in [1.165, 1.54) is 4.90 Å². The van der Waals surface area contributed by atoms with E-state index in [1.54, 1.807) is 12.1 Å². The van der Waals surface area contributed by atoms with Crippen molar-refractivity contribution in [3.05, 3.63) is 42.0 Å². The molecule has 1 amide bonds. The Balaban J connectivity index is 1.61. The van der Waals surface area contributed by atoms with Gasteiger partial charge in [-0.1, -0.05) is 24.3 Å². The summed E-state index contributed by atoms with van der Waals surface area (Å²) in [4.78, 5) is 35.7. The average molecular weight is 407 g/mol. The number of piperazine rings is 1. The maximum atomic E-state index is 12.3. The largest absolute Gasteiger partial charge is 0.480 e. The second-order valence-corrected chi connectivity index (χ2v) is 7.13. The monoisotopic (exact) mass is 407 g/mol. The van der Waals surface area contributed by atoms with Crippen molar-refractivity contribution in [3.63, 3.8) is 0 Å². The Bertz CT molecular complexity index is 1150. The van der Waals surface area contributed by atoms with Crippen molar-refractivity contribution < 1.29 is 14.7 Å². The van der Waals surface area contributed by atoms with E-state index in [2.05, 4.69) is 4.98 Å². The molecule has 4 rings (SSSR count). The first-order chi connectivity index (χ1) is 14.3. The highest BCUT2D eigenvalue weighted by atomic mass is 16.4. The highest BCUT2D eigenvalue weighted by molar-refractivity contribution is 5.95. The number of rotatable bonds is 5. The first-order valence-corrected chi connectivity index (χ1v) is 9.36. The molecular weight excluding hydrogens is 386 g/mol. The average Bonchev–Trinajstić information content (AvgIpc) is 3.05. The van der Waals surface area contributed by atoms with Crippen LogP contribution in [0.1, 0.15) is 5.56 Å². The first kappa shape index (κ1) is 19.4. The number of pyridine rings is 1. The predicted octanol–water partition coefficient (Wildman–Crippen LogP) is 0.653. The zero-order valence-electron chi connectivity index (χ0n) is 16.4. The van der Waals surface area contributed by atoms with Crippen molar-refractivity contribution in [2.45, 2.75) is 0 Å². The van der Waals surface area contributed by atoms with Crippen LogP contribution in [0.2, 0.25) is 0 Å². The van der Waals surface area contributed by atoms with Crippen LogP contribution in [0, 0.1) is 5.41 Å². The Morgan fingerprint density at radius 1 is 1.17 bits per heavy atom. The number of carboxylic acids is 1. The van der Waals surface area contributed by atoms with Gasteiger partial charge in [0.2, 0.25) is 5.91 Å². The van der Waals surface area contributed by atoms with E-state index in [9.17, 15) is 9.59 Å². The van der Waals surface area contributed by atoms with Gasteiger partial charge in [-0.25, -0.2) is 9.97 Å². The number of benzene rings is 1. The molecule has 0 saturated carbocycles. The molecule has 4 N–H and O–H groups in total. The van der Waals surface area contributed by atoms with Crippen molar-refractivity contribution in [2.75, 3.05) is 31.1 Å². The molecule has 1 fully saturated rings. The van der Waals surface area contributed by atoms with E-state index in [4.69, 9.17) is 21.2 Å². The Morgan fingerprint density at radius 2 is 1.90 bits per heavy atom. The number of amidine groups is 1. The van der Waals surface area contributed by atoms with Gasteiger partial charge in [0, 0.05) is 31.3 Å². The highest BCUT2D eigenvalue weighted by Crippen LogP contribution is 2.25. The van der Waals surface area contributed by atoms with Gasteiger partial charge in [0.05, 0.1) is 6.54 Å². The quantitative estimate of drug-likeness (QED) is 0.416. The molecule has 2 aromatic heterocycles. The maximum Gasteiger partial charge on any atom is 0.323 e. The molecule has 3 aromatic rings. The number of aromatic nitrogens is 3. The van der Waals surface area contributed by atoms with E-state index >= 15 is 0 Å². The van der Waals surface area contributed by atoms with Crippen LogP contribution in [-0.2, 0) is 16.6 Å². The summed E-state index contributed by atoms with van der Waals surface area (Å²) in [7, 11) is 1.87. The van der Waals surface area contributed by atoms with E-state index in [-0.39, 0.29) is 24.8 Å². The third kappa shape index (κ3) is 3.54. The number of imidazole rings is 1. The number of amides is 1. The van der Waals surface area contributed by atoms with E-state index in [0.717, 1.165) is 16.9 Å². The summed E-state index contributed by atoms with van der Waals surface area (Å²) in [6.07, 6.45) is 0. The van der Waals surface area contributed by atoms with Crippen LogP contribution in [0.25, 0.3) is 22.6 Å². The predicted molar refractivity (Wildman–Crippen MR) is 111 cm³/mol. The molecule has 3 heterocycles. The van der Waals surface area contributed by atoms with Gasteiger partial charge >= 0.3 is 5.97 Å². The summed E-state index contributed by atoms with van der Waals surface area (Å²) >= 11 is 0. The molecule has 1 saturated heterocycles. The summed E-state index contributed by atoms with van der Waals surface area (Å²) in [5, 5.41) is 16.4. The number of anilines is 1. The third-order valence-corrected chi connectivity index (χ3v) is 5.12. The Morgan fingerprint density at radius 3 is 2.53 bits per heavy atom. The molecule has 0 spiro atoms. The van der Waals surface area contributed by atoms with Crippen molar-refractivity contribution >= 4 is 34.7 Å². The molecule has 1 aromatic carbocycles. The molecule has 0 aliphatic carbocycles. The molecule has 10 heteroatoms. The number of nitrogens with one attached hydrogen (secondary N) is 1. The van der Waals surface area contributed by atoms with Gasteiger partial charge in [0.15, 0.2) is 5.65 Å². The summed E-state index contributed by atoms with van der Waals surface area (Å²) in [5.74, 6) is 0.132. The van der Waals surface area contributed by atoms with Crippen LogP contribution < -0.4 is 10.6 Å². The fraction of sp³-hybridized carbons (Fsp3) is 0.250. The zero-order chi connectivity index (χ0) is 21.4. The molecule has 1 aliphatic heterocycles. The zero-order valence-corrected chi connectivity index (χ0v) is 16.4. The SMILES string of the molecule is Cn1c(-c2ccc(C(=N)N)cc2)nc2ccc(N3CCN(CC(=O)O)C(=O)C3)nc21. The Kier molecular flexibility index (Phi) is 4.82. The van der Waals surface area contributed by atoms with Gasteiger partial charge in [-0.2, -0.15) is 0 Å². The second-order valence-electron chi connectivity index (χ2n) is 7.13. The summed E-state index contributed by atoms with van der Waals surface area (Å²) in [6, 6.07) is 11.0. The first-order valence-electron chi connectivity index (χ1n) is 9.36. The van der Waals surface area contributed by atoms with Gasteiger partial charge in [0.1, 0.15) is 29.5 Å². The van der Waals surface area contributed by atoms with Crippen molar-refractivity contribution in [1.29, 1.82) is 5.41 Å². The van der Waals surface area contributed by atoms with Crippen molar-refractivity contribution in [3.8, 4) is 11.4 Å². The topological polar surface area (TPSA) is 141 Å². The molecule has 1 aliphatic rings. The lowest BCUT2D eigenvalue weighted by atomic mass is 10.1. The number of fused-ring (bicyclic) bond motifs is 1. The van der Waals surface area contributed by atoms with Crippen LogP contribution >= 0.6 is 0 Å². The number of aryl methyl sites for hydroxylation is 1. The number of nitrogens with zero attached hydrogens (tertiary/aromatic N) is 5. The van der Waals surface area contributed by atoms with E-state index in [0.29, 0.717) is 30.1 Å². The summed E-state index contributed by atoms with van der Waals surface area (Å²) in [5.41, 5.74) is 8.44. The minimum Gasteiger partial charge on any atom is -0.480 e. The molecule has 0 atom stereocenters. The molecule has 10 nitrogen and oxygen atoms in total. The normalized spacial score (nSPS) is 14.4. The van der Waals surface area contributed by atoms with Gasteiger partial charge in [-0.3, -0.25) is 15.0 Å². The second kappa shape index (κ2) is 7.47. The number of nitrogens with two attached hydrogens (primary N) is 1. The van der Waals surface area contributed by atoms with Crippen molar-refractivity contribution in [2.24, 2.45) is 12.8 Å². The maximum absolute atomic E-state index is 12.3. The minimum atomic E-state index is -1.02. The van der Waals surface area contributed by atoms with E-state index in [1.807, 2.05) is 40.8 Å². The Labute approximate surface area is 172 Å². The number of nitrogen functional groups attached to an aromatic ring is 1. The molecule has 30 heavy (non-hydrogen) atoms. The van der Waals surface area contributed by atoms with Gasteiger partial charge in [-0.05, 0) is 12.1 Å². The standard InChI is InChI=1S/C20H21N7O3/c1-25-19(13-4-2-12(3-5-13)18(21)22)23-14-6-7-15(24-20(14)25)26-8-9-27(11-17(29)30)16(28)10-26/h2-7H,8-11H2,1H3,(H3,21,22)(H,29,30). The minimum absolute atomic E-state index is 0.0101. The molecular formula is C20H21N7O3. The van der Waals surface area contributed by atoms with Crippen LogP contribution in [0.15, 0.2) is 36.4 Å². The number of aliphatic carboxylic acids is 1. The molecule has 0 bridgehead atoms. The number of carboxylic acid groups (broad SMARTS) is 1. The smallest absolute Gasteiger partial charge is 0.323 e. The third-order valence-electron chi connectivity index (χ3n) is 5.12. The number of hydrogen-bond donors (Lipinski definition) is 3.